The summed E-state index contributed by atoms with van der Waals surface area (Å²) in [6.45, 7) is 12.9. The van der Waals surface area contributed by atoms with Gasteiger partial charge < -0.3 is 24.3 Å². The number of likely N-dealkylation sites (tertiary alicyclic amines) is 1. The Kier molecular flexibility index (Phi) is 4.97. The lowest BCUT2D eigenvalue weighted by Crippen LogP contribution is -2.65. The van der Waals surface area contributed by atoms with Crippen molar-refractivity contribution in [3.63, 3.8) is 0 Å². The molecule has 162 valence electrons. The average Bonchev–Trinajstić information content (AvgIpc) is 3.20. The van der Waals surface area contributed by atoms with E-state index in [4.69, 9.17) is 14.0 Å². The molecule has 1 N–H and O–H groups in total. The minimum absolute atomic E-state index is 0.0729. The number of hydrogen-bond acceptors (Lipinski definition) is 5. The molecule has 2 saturated heterocycles. The zero-order valence-electron chi connectivity index (χ0n) is 18.6. The van der Waals surface area contributed by atoms with Crippen LogP contribution in [-0.2, 0) is 18.8 Å². The Morgan fingerprint density at radius 2 is 1.97 bits per heavy atom. The molecule has 3 saturated carbocycles. The van der Waals surface area contributed by atoms with Gasteiger partial charge in [0.2, 0.25) is 5.91 Å². The van der Waals surface area contributed by atoms with Crippen LogP contribution >= 0.6 is 0 Å². The average molecular weight is 406 g/mol. The Hall–Kier alpha value is -1.28. The SMILES string of the molecule is CC(C)(C)OC(=O)NCC(=O)N1CCC[C@H]1B1OC2CC3CC(C3(C)C)[C@]2(C)O1. The molecule has 3 unspecified atom stereocenters. The molecule has 0 aromatic carbocycles. The van der Waals surface area contributed by atoms with E-state index in [0.29, 0.717) is 23.8 Å². The van der Waals surface area contributed by atoms with Crippen molar-refractivity contribution >= 4 is 19.1 Å². The highest BCUT2D eigenvalue weighted by Gasteiger charge is 2.69. The second-order valence-electron chi connectivity index (χ2n) is 11.0. The number of carbonyl (C=O) groups excluding carboxylic acids is 2. The summed E-state index contributed by atoms with van der Waals surface area (Å²) < 4.78 is 18.2. The van der Waals surface area contributed by atoms with Crippen molar-refractivity contribution in [1.82, 2.24) is 10.2 Å². The van der Waals surface area contributed by atoms with Gasteiger partial charge in [0.05, 0.1) is 17.6 Å². The van der Waals surface area contributed by atoms with E-state index >= 15 is 0 Å². The zero-order valence-corrected chi connectivity index (χ0v) is 18.6. The monoisotopic (exact) mass is 406 g/mol. The molecule has 0 radical (unpaired) electrons. The summed E-state index contributed by atoms with van der Waals surface area (Å²) in [5.74, 6) is 0.997. The van der Waals surface area contributed by atoms with E-state index in [2.05, 4.69) is 26.1 Å². The van der Waals surface area contributed by atoms with Crippen molar-refractivity contribution < 1.29 is 23.6 Å². The van der Waals surface area contributed by atoms with Gasteiger partial charge in [-0.25, -0.2) is 4.79 Å². The van der Waals surface area contributed by atoms with E-state index in [1.54, 1.807) is 20.8 Å². The standard InChI is InChI=1S/C21H35BN2O5/c1-19(2,3)27-18(26)23-12-17(25)24-9-7-8-16(24)22-28-15-11-13-10-14(20(13,4)5)21(15,6)29-22/h13-16H,7-12H2,1-6H3,(H,23,26)/t13?,14?,15?,16-,21-/m0/s1. The quantitative estimate of drug-likeness (QED) is 0.730. The summed E-state index contributed by atoms with van der Waals surface area (Å²) >= 11 is 0. The van der Waals surface area contributed by atoms with E-state index in [1.807, 2.05) is 4.90 Å². The summed E-state index contributed by atoms with van der Waals surface area (Å²) in [5, 5.41) is 2.57. The largest absolute Gasteiger partial charge is 0.481 e. The second kappa shape index (κ2) is 6.87. The number of carbonyl (C=O) groups is 2. The highest BCUT2D eigenvalue weighted by Crippen LogP contribution is 2.65. The van der Waals surface area contributed by atoms with Gasteiger partial charge in [0.15, 0.2) is 0 Å². The third-order valence-electron chi connectivity index (χ3n) is 7.69. The number of rotatable bonds is 3. The molecule has 3 aliphatic carbocycles. The highest BCUT2D eigenvalue weighted by atomic mass is 16.7. The fourth-order valence-corrected chi connectivity index (χ4v) is 6.01. The van der Waals surface area contributed by atoms with Crippen LogP contribution in [-0.4, -0.2) is 60.4 Å². The van der Waals surface area contributed by atoms with Crippen LogP contribution in [0.5, 0.6) is 0 Å². The minimum Gasteiger partial charge on any atom is -0.444 e. The minimum atomic E-state index is -0.588. The highest BCUT2D eigenvalue weighted by molar-refractivity contribution is 6.48. The molecule has 5 aliphatic rings. The molecule has 5 atom stereocenters. The molecule has 2 amide bonds. The van der Waals surface area contributed by atoms with E-state index < -0.39 is 11.7 Å². The second-order valence-corrected chi connectivity index (χ2v) is 11.0. The predicted molar refractivity (Wildman–Crippen MR) is 109 cm³/mol. The van der Waals surface area contributed by atoms with Gasteiger partial charge >= 0.3 is 13.2 Å². The van der Waals surface area contributed by atoms with E-state index in [9.17, 15) is 9.59 Å². The van der Waals surface area contributed by atoms with Crippen LogP contribution in [0.15, 0.2) is 0 Å². The van der Waals surface area contributed by atoms with E-state index in [0.717, 1.165) is 19.3 Å². The van der Waals surface area contributed by atoms with Crippen molar-refractivity contribution in [2.75, 3.05) is 13.1 Å². The number of alkyl carbamates (subject to hydrolysis) is 1. The third kappa shape index (κ3) is 3.56. The molecule has 0 aromatic rings. The molecule has 2 aliphatic heterocycles. The lowest BCUT2D eigenvalue weighted by Gasteiger charge is -2.64. The number of hydrogen-bond donors (Lipinski definition) is 1. The Balaban J connectivity index is 1.37. The zero-order chi connectivity index (χ0) is 21.2. The number of nitrogens with zero attached hydrogens (tertiary/aromatic N) is 1. The van der Waals surface area contributed by atoms with Crippen molar-refractivity contribution in [2.24, 2.45) is 17.3 Å². The number of nitrogens with one attached hydrogen (secondary N) is 1. The summed E-state index contributed by atoms with van der Waals surface area (Å²) in [5.41, 5.74) is -0.559. The molecule has 8 heteroatoms. The fourth-order valence-electron chi connectivity index (χ4n) is 6.01. The Morgan fingerprint density at radius 3 is 2.62 bits per heavy atom. The smallest absolute Gasteiger partial charge is 0.444 e. The molecule has 2 heterocycles. The van der Waals surface area contributed by atoms with Crippen LogP contribution in [0.4, 0.5) is 4.79 Å². The molecule has 29 heavy (non-hydrogen) atoms. The molecule has 0 spiro atoms. The Labute approximate surface area is 174 Å². The van der Waals surface area contributed by atoms with Gasteiger partial charge in [0.1, 0.15) is 12.1 Å². The molecular weight excluding hydrogens is 371 g/mol. The Morgan fingerprint density at radius 1 is 1.24 bits per heavy atom. The fraction of sp³-hybridized carbons (Fsp3) is 0.905. The van der Waals surface area contributed by atoms with Crippen molar-refractivity contribution in [3.05, 3.63) is 0 Å². The van der Waals surface area contributed by atoms with E-state index in [-0.39, 0.29) is 37.2 Å². The molecule has 5 rings (SSSR count). The van der Waals surface area contributed by atoms with Gasteiger partial charge in [-0.05, 0) is 70.6 Å². The molecule has 5 fully saturated rings. The van der Waals surface area contributed by atoms with Crippen LogP contribution in [0, 0.1) is 17.3 Å². The molecular formula is C21H35BN2O5. The van der Waals surface area contributed by atoms with Gasteiger partial charge in [-0.2, -0.15) is 0 Å². The van der Waals surface area contributed by atoms with Gasteiger partial charge in [-0.3, -0.25) is 4.79 Å². The summed E-state index contributed by atoms with van der Waals surface area (Å²) in [6.07, 6.45) is 3.58. The van der Waals surface area contributed by atoms with Crippen LogP contribution in [0.1, 0.15) is 67.2 Å². The van der Waals surface area contributed by atoms with Crippen LogP contribution in [0.25, 0.3) is 0 Å². The van der Waals surface area contributed by atoms with Crippen LogP contribution < -0.4 is 5.32 Å². The number of amides is 2. The normalized spacial score (nSPS) is 37.7. The summed E-state index contributed by atoms with van der Waals surface area (Å²) in [4.78, 5) is 26.5. The lowest BCUT2D eigenvalue weighted by molar-refractivity contribution is -0.199. The first-order valence-corrected chi connectivity index (χ1v) is 11.0. The topological polar surface area (TPSA) is 77.1 Å². The van der Waals surface area contributed by atoms with Crippen LogP contribution in [0.2, 0.25) is 0 Å². The summed E-state index contributed by atoms with van der Waals surface area (Å²) in [7, 11) is -0.381. The number of ether oxygens (including phenoxy) is 1. The molecule has 7 nitrogen and oxygen atoms in total. The van der Waals surface area contributed by atoms with E-state index in [1.165, 1.54) is 6.42 Å². The van der Waals surface area contributed by atoms with Gasteiger partial charge in [-0.1, -0.05) is 13.8 Å². The first kappa shape index (κ1) is 21.0. The van der Waals surface area contributed by atoms with Crippen molar-refractivity contribution in [2.45, 2.75) is 90.5 Å². The predicted octanol–water partition coefficient (Wildman–Crippen LogP) is 2.77. The lowest BCUT2D eigenvalue weighted by atomic mass is 9.43. The van der Waals surface area contributed by atoms with Gasteiger partial charge in [0, 0.05) is 6.54 Å². The Bertz CT molecular complexity index is 693. The maximum Gasteiger partial charge on any atom is 0.481 e. The third-order valence-corrected chi connectivity index (χ3v) is 7.69. The van der Waals surface area contributed by atoms with Gasteiger partial charge in [-0.15, -0.1) is 0 Å². The maximum absolute atomic E-state index is 12.8. The maximum atomic E-state index is 12.8. The summed E-state index contributed by atoms with van der Waals surface area (Å²) in [6, 6.07) is 0. The van der Waals surface area contributed by atoms with Crippen molar-refractivity contribution in [3.8, 4) is 0 Å². The van der Waals surface area contributed by atoms with Crippen molar-refractivity contribution in [1.29, 1.82) is 0 Å². The van der Waals surface area contributed by atoms with Gasteiger partial charge in [0.25, 0.3) is 0 Å². The first-order chi connectivity index (χ1) is 13.4. The first-order valence-electron chi connectivity index (χ1n) is 11.0. The molecule has 0 aromatic heterocycles. The van der Waals surface area contributed by atoms with Crippen LogP contribution in [0.3, 0.4) is 0 Å². The molecule has 2 bridgehead atoms.